The number of likely N-dealkylation sites (N-methyl/N-ethyl adjacent to an activating group) is 1. The van der Waals surface area contributed by atoms with E-state index in [4.69, 9.17) is 0 Å². The average molecular weight is 452 g/mol. The van der Waals surface area contributed by atoms with Crippen LogP contribution in [0, 0.1) is 5.92 Å². The third kappa shape index (κ3) is 9.14. The number of carbonyl (C=O) groups excluding carboxylic acids is 1. The molecule has 0 aliphatic rings. The smallest absolute Gasteiger partial charge is 0.222 e. The van der Waals surface area contributed by atoms with Crippen molar-refractivity contribution >= 4 is 47.2 Å². The van der Waals surface area contributed by atoms with Gasteiger partial charge in [-0.2, -0.15) is 0 Å². The lowest BCUT2D eigenvalue weighted by molar-refractivity contribution is -0.123. The summed E-state index contributed by atoms with van der Waals surface area (Å²) in [6.07, 6.45) is 1.02. The molecule has 1 amide bonds. The second-order valence-electron chi connectivity index (χ2n) is 5.43. The van der Waals surface area contributed by atoms with E-state index in [1.165, 1.54) is 4.88 Å². The highest BCUT2D eigenvalue weighted by molar-refractivity contribution is 14.0. The quantitative estimate of drug-likeness (QED) is 0.276. The fourth-order valence-electron chi connectivity index (χ4n) is 1.85. The number of hydrogen-bond donors (Lipinski definition) is 2. The Hall–Kier alpha value is -0.830. The van der Waals surface area contributed by atoms with Crippen LogP contribution in [-0.2, 0) is 11.2 Å². The lowest BCUT2D eigenvalue weighted by Gasteiger charge is -2.21. The van der Waals surface area contributed by atoms with E-state index < -0.39 is 0 Å². The first-order valence-electron chi connectivity index (χ1n) is 7.84. The zero-order chi connectivity index (χ0) is 16.4. The van der Waals surface area contributed by atoms with Crippen LogP contribution in [-0.4, -0.2) is 50.0 Å². The molecule has 0 aliphatic heterocycles. The van der Waals surface area contributed by atoms with E-state index in [1.54, 1.807) is 11.3 Å². The minimum atomic E-state index is 0. The summed E-state index contributed by atoms with van der Waals surface area (Å²) in [4.78, 5) is 19.6. The maximum atomic E-state index is 11.5. The number of halogens is 1. The maximum absolute atomic E-state index is 11.5. The molecule has 0 spiro atoms. The van der Waals surface area contributed by atoms with Crippen LogP contribution in [0.3, 0.4) is 0 Å². The Morgan fingerprint density at radius 1 is 1.39 bits per heavy atom. The van der Waals surface area contributed by atoms with E-state index >= 15 is 0 Å². The molecule has 0 fully saturated rings. The number of nitrogens with one attached hydrogen (secondary N) is 2. The molecule has 0 aliphatic carbocycles. The van der Waals surface area contributed by atoms with Gasteiger partial charge in [-0.25, -0.2) is 0 Å². The monoisotopic (exact) mass is 452 g/mol. The molecule has 2 N–H and O–H groups in total. The van der Waals surface area contributed by atoms with Gasteiger partial charge in [0.1, 0.15) is 0 Å². The van der Waals surface area contributed by atoms with Crippen molar-refractivity contribution in [3.8, 4) is 0 Å². The van der Waals surface area contributed by atoms with Crippen molar-refractivity contribution in [3.63, 3.8) is 0 Å². The van der Waals surface area contributed by atoms with Gasteiger partial charge in [-0.05, 0) is 24.8 Å². The van der Waals surface area contributed by atoms with Crippen molar-refractivity contribution in [2.45, 2.75) is 27.2 Å². The van der Waals surface area contributed by atoms with E-state index in [9.17, 15) is 4.79 Å². The Bertz CT molecular complexity index is 463. The predicted octanol–water partition coefficient (Wildman–Crippen LogP) is 2.58. The first kappa shape index (κ1) is 22.2. The highest BCUT2D eigenvalue weighted by Gasteiger charge is 2.07. The van der Waals surface area contributed by atoms with Crippen molar-refractivity contribution in [2.24, 2.45) is 10.9 Å². The molecule has 0 bridgehead atoms. The Kier molecular flexibility index (Phi) is 12.1. The van der Waals surface area contributed by atoms with Gasteiger partial charge in [0.25, 0.3) is 0 Å². The third-order valence-corrected chi connectivity index (χ3v) is 4.10. The molecule has 23 heavy (non-hydrogen) atoms. The van der Waals surface area contributed by atoms with Crippen molar-refractivity contribution in [1.29, 1.82) is 0 Å². The van der Waals surface area contributed by atoms with Gasteiger partial charge in [0.2, 0.25) is 5.91 Å². The van der Waals surface area contributed by atoms with Crippen LogP contribution in [0.5, 0.6) is 0 Å². The van der Waals surface area contributed by atoms with Crippen LogP contribution in [0.15, 0.2) is 22.5 Å². The van der Waals surface area contributed by atoms with Gasteiger partial charge < -0.3 is 15.5 Å². The molecule has 1 aromatic rings. The molecule has 1 rings (SSSR count). The van der Waals surface area contributed by atoms with E-state index in [1.807, 2.05) is 20.9 Å². The lowest BCUT2D eigenvalue weighted by atomic mass is 10.2. The molecule has 0 atom stereocenters. The maximum Gasteiger partial charge on any atom is 0.222 e. The van der Waals surface area contributed by atoms with E-state index in [0.29, 0.717) is 13.1 Å². The van der Waals surface area contributed by atoms with Crippen LogP contribution in [0.1, 0.15) is 25.6 Å². The van der Waals surface area contributed by atoms with Gasteiger partial charge in [0.05, 0.1) is 6.54 Å². The summed E-state index contributed by atoms with van der Waals surface area (Å²) in [5, 5.41) is 8.28. The second-order valence-corrected chi connectivity index (χ2v) is 6.46. The number of thiophene rings is 1. The van der Waals surface area contributed by atoms with Crippen molar-refractivity contribution < 1.29 is 4.79 Å². The molecular formula is C16H29IN4OS. The first-order chi connectivity index (χ1) is 10.5. The Morgan fingerprint density at radius 2 is 2.13 bits per heavy atom. The van der Waals surface area contributed by atoms with Crippen LogP contribution < -0.4 is 10.6 Å². The molecule has 7 heteroatoms. The Balaban J connectivity index is 0.00000484. The predicted molar refractivity (Wildman–Crippen MR) is 110 cm³/mol. The van der Waals surface area contributed by atoms with Gasteiger partial charge in [0.15, 0.2) is 5.96 Å². The fourth-order valence-corrected chi connectivity index (χ4v) is 2.55. The zero-order valence-electron chi connectivity index (χ0n) is 14.5. The third-order valence-electron chi connectivity index (χ3n) is 3.17. The minimum Gasteiger partial charge on any atom is -0.357 e. The summed E-state index contributed by atoms with van der Waals surface area (Å²) in [7, 11) is 2.04. The van der Waals surface area contributed by atoms with Crippen molar-refractivity contribution in [2.75, 3.05) is 33.2 Å². The van der Waals surface area contributed by atoms with Crippen LogP contribution in [0.25, 0.3) is 0 Å². The molecule has 132 valence electrons. The van der Waals surface area contributed by atoms with E-state index in [-0.39, 0.29) is 35.8 Å². The molecule has 0 saturated heterocycles. The zero-order valence-corrected chi connectivity index (χ0v) is 17.6. The van der Waals surface area contributed by atoms with E-state index in [0.717, 1.165) is 25.5 Å². The molecule has 0 aromatic carbocycles. The van der Waals surface area contributed by atoms with Crippen LogP contribution in [0.4, 0.5) is 0 Å². The lowest BCUT2D eigenvalue weighted by Crippen LogP contribution is -2.40. The molecule has 0 unspecified atom stereocenters. The van der Waals surface area contributed by atoms with Crippen molar-refractivity contribution in [3.05, 3.63) is 22.4 Å². The largest absolute Gasteiger partial charge is 0.357 e. The number of nitrogens with zero attached hydrogens (tertiary/aromatic N) is 2. The normalized spacial score (nSPS) is 11.1. The number of guanidine groups is 1. The number of amides is 1. The van der Waals surface area contributed by atoms with Gasteiger partial charge in [-0.1, -0.05) is 19.9 Å². The summed E-state index contributed by atoms with van der Waals surface area (Å²) >= 11 is 1.78. The Labute approximate surface area is 161 Å². The topological polar surface area (TPSA) is 56.7 Å². The minimum absolute atomic E-state index is 0. The number of hydrogen-bond acceptors (Lipinski definition) is 3. The molecule has 0 saturated carbocycles. The summed E-state index contributed by atoms with van der Waals surface area (Å²) in [6.45, 7) is 8.76. The summed E-state index contributed by atoms with van der Waals surface area (Å²) in [5.41, 5.74) is 0. The number of rotatable bonds is 8. The van der Waals surface area contributed by atoms with Gasteiger partial charge in [0, 0.05) is 37.5 Å². The van der Waals surface area contributed by atoms with Gasteiger partial charge in [-0.15, -0.1) is 35.3 Å². The number of carbonyl (C=O) groups is 1. The van der Waals surface area contributed by atoms with Gasteiger partial charge in [-0.3, -0.25) is 9.79 Å². The van der Waals surface area contributed by atoms with Crippen LogP contribution >= 0.6 is 35.3 Å². The highest BCUT2D eigenvalue weighted by atomic mass is 127. The summed E-state index contributed by atoms with van der Waals surface area (Å²) < 4.78 is 0. The molecule has 5 nitrogen and oxygen atoms in total. The number of aliphatic imine (C=N–C) groups is 1. The summed E-state index contributed by atoms with van der Waals surface area (Å²) in [6, 6.07) is 4.24. The average Bonchev–Trinajstić information content (AvgIpc) is 3.00. The van der Waals surface area contributed by atoms with E-state index in [2.05, 4.69) is 45.0 Å². The molecular weight excluding hydrogens is 423 g/mol. The first-order valence-corrected chi connectivity index (χ1v) is 8.72. The fraction of sp³-hybridized carbons (Fsp3) is 0.625. The summed E-state index contributed by atoms with van der Waals surface area (Å²) in [5.74, 6) is 0.981. The van der Waals surface area contributed by atoms with Crippen LogP contribution in [0.2, 0.25) is 0 Å². The Morgan fingerprint density at radius 3 is 2.70 bits per heavy atom. The molecule has 1 aromatic heterocycles. The molecule has 1 heterocycles. The van der Waals surface area contributed by atoms with Gasteiger partial charge >= 0.3 is 0 Å². The van der Waals surface area contributed by atoms with Crippen molar-refractivity contribution in [1.82, 2.24) is 15.5 Å². The second kappa shape index (κ2) is 12.6. The molecule has 0 radical (unpaired) electrons. The standard InChI is InChI=1S/C16H28N4OS.HI/c1-5-17-16(19-10-9-18-15(21)13(2)3)20(4)11-8-14-7-6-12-22-14;/h6-7,12-13H,5,8-11H2,1-4H3,(H,17,19)(H,18,21);1H. The highest BCUT2D eigenvalue weighted by Crippen LogP contribution is 2.09. The SMILES string of the molecule is CCNC(=NCCNC(=O)C(C)C)N(C)CCc1cccs1.I.